The average Bonchev–Trinajstić information content (AvgIpc) is 3.09. The van der Waals surface area contributed by atoms with E-state index in [2.05, 4.69) is 9.97 Å². The number of ether oxygens (including phenoxy) is 2. The first-order chi connectivity index (χ1) is 13.7. The first-order valence-electron chi connectivity index (χ1n) is 8.76. The molecule has 28 heavy (non-hydrogen) atoms. The van der Waals surface area contributed by atoms with Gasteiger partial charge >= 0.3 is 5.97 Å². The number of rotatable bonds is 3. The largest absolute Gasteiger partial charge is 0.497 e. The number of nitrogens with one attached hydrogen (secondary N) is 1. The summed E-state index contributed by atoms with van der Waals surface area (Å²) in [6, 6.07) is 19.9. The Labute approximate surface area is 159 Å². The van der Waals surface area contributed by atoms with Gasteiger partial charge in [0.25, 0.3) is 0 Å². The molecule has 0 amide bonds. The van der Waals surface area contributed by atoms with Crippen molar-refractivity contribution >= 4 is 39.1 Å². The first-order valence-corrected chi connectivity index (χ1v) is 8.76. The van der Waals surface area contributed by atoms with Gasteiger partial charge in [-0.05, 0) is 48.5 Å². The molecule has 6 heteroatoms. The van der Waals surface area contributed by atoms with Crippen LogP contribution < -0.4 is 9.47 Å². The molecule has 0 aliphatic heterocycles. The molecule has 0 saturated heterocycles. The van der Waals surface area contributed by atoms with Gasteiger partial charge in [-0.1, -0.05) is 18.2 Å². The fourth-order valence-corrected chi connectivity index (χ4v) is 3.19. The van der Waals surface area contributed by atoms with Crippen LogP contribution in [0.25, 0.3) is 33.1 Å². The predicted molar refractivity (Wildman–Crippen MR) is 107 cm³/mol. The molecule has 0 spiro atoms. The number of hydrogen-bond donors (Lipinski definition) is 1. The maximum Gasteiger partial charge on any atom is 0.343 e. The summed E-state index contributed by atoms with van der Waals surface area (Å²) in [5.74, 6) is 0.695. The number of benzene rings is 3. The third-order valence-corrected chi connectivity index (χ3v) is 4.61. The summed E-state index contributed by atoms with van der Waals surface area (Å²) >= 11 is 0. The fraction of sp³-hybridized carbons (Fsp3) is 0.0455. The van der Waals surface area contributed by atoms with E-state index in [1.165, 1.54) is 0 Å². The van der Waals surface area contributed by atoms with Crippen LogP contribution >= 0.6 is 0 Å². The van der Waals surface area contributed by atoms with Crippen LogP contribution in [0.2, 0.25) is 0 Å². The molecule has 5 aromatic rings. The van der Waals surface area contributed by atoms with Crippen molar-refractivity contribution in [1.29, 1.82) is 0 Å². The van der Waals surface area contributed by atoms with Crippen LogP contribution in [-0.2, 0) is 0 Å². The van der Waals surface area contributed by atoms with Gasteiger partial charge in [-0.2, -0.15) is 0 Å². The van der Waals surface area contributed by atoms with Gasteiger partial charge in [0.1, 0.15) is 17.0 Å². The number of aromatic nitrogens is 3. The maximum absolute atomic E-state index is 12.5. The van der Waals surface area contributed by atoms with Gasteiger partial charge in [0.2, 0.25) is 0 Å². The second kappa shape index (κ2) is 6.35. The van der Waals surface area contributed by atoms with E-state index in [-0.39, 0.29) is 0 Å². The molecule has 2 heterocycles. The molecular weight excluding hydrogens is 354 g/mol. The zero-order chi connectivity index (χ0) is 19.1. The lowest BCUT2D eigenvalue weighted by Crippen LogP contribution is -2.08. The Morgan fingerprint density at radius 1 is 0.893 bits per heavy atom. The SMILES string of the molecule is COc1ccc(OC(=O)c2ccc3nc4[nH]c5ccccc5c4nc3c2)cc1. The molecule has 0 aliphatic rings. The highest BCUT2D eigenvalue weighted by Crippen LogP contribution is 2.25. The van der Waals surface area contributed by atoms with Gasteiger partial charge in [-0.3, -0.25) is 0 Å². The normalized spacial score (nSPS) is 11.2. The fourth-order valence-electron chi connectivity index (χ4n) is 3.19. The summed E-state index contributed by atoms with van der Waals surface area (Å²) in [5, 5.41) is 0.998. The number of nitrogens with zero attached hydrogens (tertiary/aromatic N) is 2. The Morgan fingerprint density at radius 2 is 1.68 bits per heavy atom. The molecular formula is C22H15N3O3. The molecule has 0 unspecified atom stereocenters. The topological polar surface area (TPSA) is 77.1 Å². The molecule has 5 rings (SSSR count). The molecule has 1 N–H and O–H groups in total. The zero-order valence-corrected chi connectivity index (χ0v) is 15.0. The third-order valence-electron chi connectivity index (χ3n) is 4.61. The van der Waals surface area contributed by atoms with Gasteiger partial charge in [-0.25, -0.2) is 14.8 Å². The smallest absolute Gasteiger partial charge is 0.343 e. The minimum Gasteiger partial charge on any atom is -0.497 e. The quantitative estimate of drug-likeness (QED) is 0.374. The van der Waals surface area contributed by atoms with Crippen molar-refractivity contribution in [2.24, 2.45) is 0 Å². The van der Waals surface area contributed by atoms with E-state index in [4.69, 9.17) is 14.5 Å². The summed E-state index contributed by atoms with van der Waals surface area (Å²) in [7, 11) is 1.59. The summed E-state index contributed by atoms with van der Waals surface area (Å²) in [4.78, 5) is 25.2. The minimum absolute atomic E-state index is 0.414. The van der Waals surface area contributed by atoms with Crippen molar-refractivity contribution in [1.82, 2.24) is 15.0 Å². The van der Waals surface area contributed by atoms with Crippen LogP contribution in [0, 0.1) is 0 Å². The number of esters is 1. The third kappa shape index (κ3) is 2.72. The second-order valence-corrected chi connectivity index (χ2v) is 6.36. The molecule has 0 fully saturated rings. The van der Waals surface area contributed by atoms with E-state index in [9.17, 15) is 4.79 Å². The summed E-state index contributed by atoms with van der Waals surface area (Å²) < 4.78 is 10.6. The Hall–Kier alpha value is -3.93. The van der Waals surface area contributed by atoms with E-state index >= 15 is 0 Å². The molecule has 0 radical (unpaired) electrons. The summed E-state index contributed by atoms with van der Waals surface area (Å²) in [5.41, 5.74) is 4.25. The number of carbonyl (C=O) groups is 1. The van der Waals surface area contributed by atoms with E-state index in [0.29, 0.717) is 28.1 Å². The number of aromatic amines is 1. The molecule has 0 saturated carbocycles. The van der Waals surface area contributed by atoms with Crippen molar-refractivity contribution in [3.05, 3.63) is 72.3 Å². The molecule has 136 valence electrons. The van der Waals surface area contributed by atoms with Crippen LogP contribution in [0.1, 0.15) is 10.4 Å². The van der Waals surface area contributed by atoms with Gasteiger partial charge in [0.15, 0.2) is 5.65 Å². The monoisotopic (exact) mass is 369 g/mol. The predicted octanol–water partition coefficient (Wildman–Crippen LogP) is 4.49. The van der Waals surface area contributed by atoms with Crippen molar-refractivity contribution in [3.63, 3.8) is 0 Å². The van der Waals surface area contributed by atoms with Crippen molar-refractivity contribution < 1.29 is 14.3 Å². The number of fused-ring (bicyclic) bond motifs is 4. The highest BCUT2D eigenvalue weighted by atomic mass is 16.5. The van der Waals surface area contributed by atoms with Crippen molar-refractivity contribution in [2.75, 3.05) is 7.11 Å². The lowest BCUT2D eigenvalue weighted by molar-refractivity contribution is 0.0735. The summed E-state index contributed by atoms with van der Waals surface area (Å²) in [6.45, 7) is 0. The number of carbonyl (C=O) groups excluding carboxylic acids is 1. The van der Waals surface area contributed by atoms with Crippen LogP contribution in [0.4, 0.5) is 0 Å². The standard InChI is InChI=1S/C22H15N3O3/c1-27-14-7-9-15(10-8-14)28-22(26)13-6-11-18-19(12-13)23-20-16-4-2-3-5-17(16)24-21(20)25-18/h2-12H,1H3,(H,24,25). The Balaban J connectivity index is 1.53. The van der Waals surface area contributed by atoms with E-state index in [0.717, 1.165) is 22.1 Å². The van der Waals surface area contributed by atoms with Crippen LogP contribution in [0.5, 0.6) is 11.5 Å². The van der Waals surface area contributed by atoms with E-state index < -0.39 is 5.97 Å². The van der Waals surface area contributed by atoms with Crippen molar-refractivity contribution in [2.45, 2.75) is 0 Å². The average molecular weight is 369 g/mol. The molecule has 0 bridgehead atoms. The number of hydrogen-bond acceptors (Lipinski definition) is 5. The summed E-state index contributed by atoms with van der Waals surface area (Å²) in [6.07, 6.45) is 0. The minimum atomic E-state index is -0.451. The van der Waals surface area contributed by atoms with Gasteiger partial charge in [-0.15, -0.1) is 0 Å². The van der Waals surface area contributed by atoms with Crippen molar-refractivity contribution in [3.8, 4) is 11.5 Å². The zero-order valence-electron chi connectivity index (χ0n) is 15.0. The highest BCUT2D eigenvalue weighted by Gasteiger charge is 2.13. The van der Waals surface area contributed by atoms with Crippen LogP contribution in [0.15, 0.2) is 66.7 Å². The van der Waals surface area contributed by atoms with E-state index in [1.54, 1.807) is 49.6 Å². The van der Waals surface area contributed by atoms with Crippen LogP contribution in [0.3, 0.4) is 0 Å². The van der Waals surface area contributed by atoms with Crippen LogP contribution in [-0.4, -0.2) is 28.0 Å². The van der Waals surface area contributed by atoms with E-state index in [1.807, 2.05) is 24.3 Å². The van der Waals surface area contributed by atoms with Gasteiger partial charge in [0.05, 0.1) is 23.7 Å². The maximum atomic E-state index is 12.5. The molecule has 6 nitrogen and oxygen atoms in total. The number of H-pyrrole nitrogens is 1. The number of methoxy groups -OCH3 is 1. The molecule has 3 aromatic carbocycles. The lowest BCUT2D eigenvalue weighted by Gasteiger charge is -2.06. The highest BCUT2D eigenvalue weighted by molar-refractivity contribution is 6.06. The first kappa shape index (κ1) is 16.3. The van der Waals surface area contributed by atoms with Gasteiger partial charge < -0.3 is 14.5 Å². The Morgan fingerprint density at radius 3 is 2.50 bits per heavy atom. The molecule has 0 atom stereocenters. The Kier molecular flexibility index (Phi) is 3.69. The Bertz CT molecular complexity index is 1340. The molecule has 0 aliphatic carbocycles. The van der Waals surface area contributed by atoms with Gasteiger partial charge in [0, 0.05) is 10.9 Å². The lowest BCUT2D eigenvalue weighted by atomic mass is 10.2. The molecule has 2 aromatic heterocycles. The second-order valence-electron chi connectivity index (χ2n) is 6.36. The number of para-hydroxylation sites is 1.